The number of carbonyl (C=O) groups excluding carboxylic acids is 1. The van der Waals surface area contributed by atoms with E-state index >= 15 is 0 Å². The van der Waals surface area contributed by atoms with Gasteiger partial charge in [-0.25, -0.2) is 4.99 Å². The third kappa shape index (κ3) is 5.36. The van der Waals surface area contributed by atoms with Crippen LogP contribution in [0.5, 0.6) is 0 Å². The van der Waals surface area contributed by atoms with Crippen molar-refractivity contribution in [1.82, 2.24) is 10.6 Å². The summed E-state index contributed by atoms with van der Waals surface area (Å²) >= 11 is 0. The molecule has 2 heterocycles. The SMILES string of the molecule is C=C/C(C(=O)NCCCC1CCCCO1)=C1/N=C(C)C=C(C)N1. The first-order valence-corrected chi connectivity index (χ1v) is 8.37. The summed E-state index contributed by atoms with van der Waals surface area (Å²) in [5.74, 6) is 0.420. The minimum atomic E-state index is -0.140. The first-order valence-electron chi connectivity index (χ1n) is 8.37. The van der Waals surface area contributed by atoms with Gasteiger partial charge in [0.15, 0.2) is 0 Å². The molecule has 1 amide bonds. The molecule has 0 aliphatic carbocycles. The smallest absolute Gasteiger partial charge is 0.255 e. The van der Waals surface area contributed by atoms with Gasteiger partial charge in [0.1, 0.15) is 5.82 Å². The molecule has 0 radical (unpaired) electrons. The number of ether oxygens (including phenoxy) is 1. The Kier molecular flexibility index (Phi) is 6.59. The third-order valence-corrected chi connectivity index (χ3v) is 4.00. The molecule has 0 aromatic rings. The molecule has 5 nitrogen and oxygen atoms in total. The molecule has 1 unspecified atom stereocenters. The van der Waals surface area contributed by atoms with E-state index in [1.807, 2.05) is 19.9 Å². The van der Waals surface area contributed by atoms with Gasteiger partial charge in [-0.05, 0) is 52.0 Å². The van der Waals surface area contributed by atoms with Crippen LogP contribution in [0.3, 0.4) is 0 Å². The van der Waals surface area contributed by atoms with Crippen molar-refractivity contribution in [3.8, 4) is 0 Å². The first kappa shape index (κ1) is 17.5. The highest BCUT2D eigenvalue weighted by Crippen LogP contribution is 2.17. The number of nitrogens with one attached hydrogen (secondary N) is 2. The van der Waals surface area contributed by atoms with Gasteiger partial charge in [-0.1, -0.05) is 12.7 Å². The van der Waals surface area contributed by atoms with Crippen LogP contribution in [0, 0.1) is 0 Å². The Morgan fingerprint density at radius 1 is 1.52 bits per heavy atom. The van der Waals surface area contributed by atoms with Gasteiger partial charge in [0.25, 0.3) is 5.91 Å². The second kappa shape index (κ2) is 8.67. The Bertz CT molecular complexity index is 540. The number of hydrogen-bond acceptors (Lipinski definition) is 4. The molecule has 2 N–H and O–H groups in total. The van der Waals surface area contributed by atoms with Crippen LogP contribution >= 0.6 is 0 Å². The molecule has 2 aliphatic rings. The van der Waals surface area contributed by atoms with E-state index in [0.29, 0.717) is 24.0 Å². The van der Waals surface area contributed by atoms with Gasteiger partial charge in [0.2, 0.25) is 0 Å². The molecule has 1 atom stereocenters. The zero-order chi connectivity index (χ0) is 16.7. The van der Waals surface area contributed by atoms with Crippen LogP contribution in [0.2, 0.25) is 0 Å². The lowest BCUT2D eigenvalue weighted by Gasteiger charge is -2.22. The van der Waals surface area contributed by atoms with E-state index in [4.69, 9.17) is 4.74 Å². The van der Waals surface area contributed by atoms with Crippen molar-refractivity contribution < 1.29 is 9.53 Å². The van der Waals surface area contributed by atoms with Crippen LogP contribution in [0.1, 0.15) is 46.0 Å². The van der Waals surface area contributed by atoms with E-state index in [0.717, 1.165) is 37.3 Å². The summed E-state index contributed by atoms with van der Waals surface area (Å²) in [6.45, 7) is 9.11. The lowest BCUT2D eigenvalue weighted by atomic mass is 10.0. The average molecular weight is 317 g/mol. The summed E-state index contributed by atoms with van der Waals surface area (Å²) in [6, 6.07) is 0. The third-order valence-electron chi connectivity index (χ3n) is 4.00. The summed E-state index contributed by atoms with van der Waals surface area (Å²) in [6.07, 6.45) is 9.33. The Hall–Kier alpha value is -1.88. The Balaban J connectivity index is 1.83. The molecule has 1 fully saturated rings. The highest BCUT2D eigenvalue weighted by Gasteiger charge is 2.16. The molecule has 2 rings (SSSR count). The second-order valence-electron chi connectivity index (χ2n) is 6.06. The molecule has 2 aliphatic heterocycles. The van der Waals surface area contributed by atoms with Crippen LogP contribution in [0.15, 0.2) is 40.8 Å². The number of rotatable bonds is 6. The summed E-state index contributed by atoms with van der Waals surface area (Å²) in [5, 5.41) is 6.07. The Morgan fingerprint density at radius 2 is 2.35 bits per heavy atom. The van der Waals surface area contributed by atoms with Crippen molar-refractivity contribution in [1.29, 1.82) is 0 Å². The molecule has 1 saturated heterocycles. The van der Waals surface area contributed by atoms with E-state index in [-0.39, 0.29) is 5.91 Å². The molecular weight excluding hydrogens is 290 g/mol. The first-order chi connectivity index (χ1) is 11.1. The zero-order valence-electron chi connectivity index (χ0n) is 14.2. The summed E-state index contributed by atoms with van der Waals surface area (Å²) in [7, 11) is 0. The molecule has 0 aromatic carbocycles. The molecule has 5 heteroatoms. The lowest BCUT2D eigenvalue weighted by Crippen LogP contribution is -2.30. The van der Waals surface area contributed by atoms with Crippen LogP contribution in [0.4, 0.5) is 0 Å². The maximum absolute atomic E-state index is 12.3. The topological polar surface area (TPSA) is 62.7 Å². The minimum Gasteiger partial charge on any atom is -0.378 e. The number of carbonyl (C=O) groups is 1. The predicted octanol–water partition coefficient (Wildman–Crippen LogP) is 2.82. The van der Waals surface area contributed by atoms with Gasteiger partial charge in [-0.3, -0.25) is 4.79 Å². The van der Waals surface area contributed by atoms with Crippen LogP contribution in [-0.4, -0.2) is 30.9 Å². The maximum Gasteiger partial charge on any atom is 0.255 e. The van der Waals surface area contributed by atoms with Gasteiger partial charge in [-0.2, -0.15) is 0 Å². The molecule has 0 spiro atoms. The lowest BCUT2D eigenvalue weighted by molar-refractivity contribution is -0.117. The molecular formula is C18H27N3O2. The van der Waals surface area contributed by atoms with Gasteiger partial charge in [0, 0.05) is 24.6 Å². The minimum absolute atomic E-state index is 0.140. The van der Waals surface area contributed by atoms with Gasteiger partial charge >= 0.3 is 0 Å². The van der Waals surface area contributed by atoms with E-state index in [1.165, 1.54) is 12.8 Å². The average Bonchev–Trinajstić information content (AvgIpc) is 2.52. The van der Waals surface area contributed by atoms with Crippen molar-refractivity contribution in [3.63, 3.8) is 0 Å². The van der Waals surface area contributed by atoms with Gasteiger partial charge < -0.3 is 15.4 Å². The predicted molar refractivity (Wildman–Crippen MR) is 93.1 cm³/mol. The monoisotopic (exact) mass is 317 g/mol. The van der Waals surface area contributed by atoms with E-state index in [2.05, 4.69) is 22.2 Å². The fourth-order valence-corrected chi connectivity index (χ4v) is 2.86. The van der Waals surface area contributed by atoms with Gasteiger partial charge in [-0.15, -0.1) is 0 Å². The van der Waals surface area contributed by atoms with E-state index in [9.17, 15) is 4.79 Å². The molecule has 0 bridgehead atoms. The highest BCUT2D eigenvalue weighted by molar-refractivity contribution is 5.99. The van der Waals surface area contributed by atoms with E-state index < -0.39 is 0 Å². The summed E-state index contributed by atoms with van der Waals surface area (Å²) in [5.41, 5.74) is 2.32. The molecule has 0 saturated carbocycles. The number of amides is 1. The summed E-state index contributed by atoms with van der Waals surface area (Å²) in [4.78, 5) is 16.7. The normalized spacial score (nSPS) is 23.3. The number of nitrogens with zero attached hydrogens (tertiary/aromatic N) is 1. The fourth-order valence-electron chi connectivity index (χ4n) is 2.86. The Morgan fingerprint density at radius 3 is 3.00 bits per heavy atom. The van der Waals surface area contributed by atoms with Gasteiger partial charge in [0.05, 0.1) is 11.7 Å². The van der Waals surface area contributed by atoms with Crippen molar-refractivity contribution in [2.75, 3.05) is 13.2 Å². The highest BCUT2D eigenvalue weighted by atomic mass is 16.5. The quantitative estimate of drug-likeness (QED) is 0.585. The molecule has 126 valence electrons. The van der Waals surface area contributed by atoms with Crippen LogP contribution < -0.4 is 10.6 Å². The number of allylic oxidation sites excluding steroid dienone is 2. The van der Waals surface area contributed by atoms with Crippen LogP contribution in [-0.2, 0) is 9.53 Å². The van der Waals surface area contributed by atoms with E-state index in [1.54, 1.807) is 6.08 Å². The number of hydrogen-bond donors (Lipinski definition) is 2. The molecule has 0 aromatic heterocycles. The fraction of sp³-hybridized carbons (Fsp3) is 0.556. The largest absolute Gasteiger partial charge is 0.378 e. The molecule has 23 heavy (non-hydrogen) atoms. The van der Waals surface area contributed by atoms with Crippen molar-refractivity contribution in [2.45, 2.75) is 52.1 Å². The van der Waals surface area contributed by atoms with Crippen molar-refractivity contribution in [3.05, 3.63) is 35.8 Å². The number of aliphatic imine (C=N–C) groups is 1. The summed E-state index contributed by atoms with van der Waals surface area (Å²) < 4.78 is 5.70. The standard InChI is InChI=1S/C18H27N3O2/c1-4-16(17-20-13(2)12-14(3)21-17)18(22)19-10-7-9-15-8-5-6-11-23-15/h4,12,15,20H,1,5-11H2,2-3H3,(H,19,22)/b17-16-. The zero-order valence-corrected chi connectivity index (χ0v) is 14.2. The van der Waals surface area contributed by atoms with Crippen molar-refractivity contribution >= 4 is 11.6 Å². The Labute approximate surface area is 138 Å². The van der Waals surface area contributed by atoms with Crippen molar-refractivity contribution in [2.24, 2.45) is 4.99 Å². The second-order valence-corrected chi connectivity index (χ2v) is 6.06. The maximum atomic E-state index is 12.3. The van der Waals surface area contributed by atoms with Crippen LogP contribution in [0.25, 0.3) is 0 Å².